The summed E-state index contributed by atoms with van der Waals surface area (Å²) in [5, 5.41) is 0. The Kier molecular flexibility index (Phi) is 7.16. The molecule has 1 amide bonds. The molecule has 0 aliphatic heterocycles. The monoisotopic (exact) mass is 341 g/mol. The fourth-order valence-corrected chi connectivity index (χ4v) is 2.46. The van der Waals surface area contributed by atoms with Gasteiger partial charge in [-0.2, -0.15) is 0 Å². The van der Waals surface area contributed by atoms with Crippen LogP contribution < -0.4 is 0 Å². The minimum absolute atomic E-state index is 0.124. The Balaban J connectivity index is 2.10. The lowest BCUT2D eigenvalue weighted by atomic mass is 10.0. The minimum Gasteiger partial charge on any atom is -0.469 e. The van der Waals surface area contributed by atoms with Crippen LogP contribution in [-0.2, 0) is 14.3 Å². The zero-order valence-electron chi connectivity index (χ0n) is 14.6. The quantitative estimate of drug-likeness (QED) is 0.693. The van der Waals surface area contributed by atoms with Gasteiger partial charge in [-0.25, -0.2) is 0 Å². The zero-order chi connectivity index (χ0) is 18.1. The smallest absolute Gasteiger partial charge is 0.307 e. The Morgan fingerprint density at radius 2 is 1.52 bits per heavy atom. The molecule has 0 N–H and O–H groups in total. The maximum atomic E-state index is 12.7. The average molecular weight is 341 g/mol. The molecule has 0 atom stereocenters. The van der Waals surface area contributed by atoms with E-state index in [1.54, 1.807) is 12.0 Å². The first kappa shape index (κ1) is 18.7. The Labute approximate surface area is 148 Å². The number of carbonyl (C=O) groups excluding carboxylic acids is 2. The largest absolute Gasteiger partial charge is 0.469 e. The van der Waals surface area contributed by atoms with Crippen LogP contribution in [0.1, 0.15) is 16.8 Å². The standard InChI is InChI=1S/C20H23NO4/c1-24-15-14-21(13-12-19(22)25-2)20(23)18-10-8-17(9-11-18)16-6-4-3-5-7-16/h3-11H,12-15H2,1-2H3. The molecule has 5 nitrogen and oxygen atoms in total. The highest BCUT2D eigenvalue weighted by molar-refractivity contribution is 5.95. The first-order chi connectivity index (χ1) is 12.2. The van der Waals surface area contributed by atoms with Gasteiger partial charge < -0.3 is 14.4 Å². The van der Waals surface area contributed by atoms with Gasteiger partial charge in [-0.15, -0.1) is 0 Å². The highest BCUT2D eigenvalue weighted by Crippen LogP contribution is 2.19. The van der Waals surface area contributed by atoms with E-state index in [1.807, 2.05) is 54.6 Å². The van der Waals surface area contributed by atoms with E-state index in [-0.39, 0.29) is 18.3 Å². The van der Waals surface area contributed by atoms with Crippen molar-refractivity contribution in [3.63, 3.8) is 0 Å². The molecule has 2 aromatic carbocycles. The van der Waals surface area contributed by atoms with Crippen LogP contribution in [0.3, 0.4) is 0 Å². The van der Waals surface area contributed by atoms with Crippen LogP contribution in [0.5, 0.6) is 0 Å². The molecule has 0 aliphatic rings. The van der Waals surface area contributed by atoms with E-state index >= 15 is 0 Å². The van der Waals surface area contributed by atoms with Gasteiger partial charge in [0.15, 0.2) is 0 Å². The van der Waals surface area contributed by atoms with Crippen LogP contribution in [0.4, 0.5) is 0 Å². The molecular formula is C20H23NO4. The molecule has 0 saturated carbocycles. The predicted molar refractivity (Wildman–Crippen MR) is 96.3 cm³/mol. The number of hydrogen-bond donors (Lipinski definition) is 0. The Morgan fingerprint density at radius 3 is 2.12 bits per heavy atom. The van der Waals surface area contributed by atoms with Gasteiger partial charge in [-0.3, -0.25) is 9.59 Å². The molecule has 0 spiro atoms. The van der Waals surface area contributed by atoms with Gasteiger partial charge in [-0.05, 0) is 23.3 Å². The molecule has 0 aliphatic carbocycles. The number of methoxy groups -OCH3 is 2. The zero-order valence-corrected chi connectivity index (χ0v) is 14.6. The summed E-state index contributed by atoms with van der Waals surface area (Å²) >= 11 is 0. The first-order valence-electron chi connectivity index (χ1n) is 8.16. The fourth-order valence-electron chi connectivity index (χ4n) is 2.46. The Morgan fingerprint density at radius 1 is 0.880 bits per heavy atom. The number of carbonyl (C=O) groups is 2. The summed E-state index contributed by atoms with van der Waals surface area (Å²) in [6.45, 7) is 1.14. The van der Waals surface area contributed by atoms with Crippen molar-refractivity contribution in [3.05, 3.63) is 60.2 Å². The highest BCUT2D eigenvalue weighted by Gasteiger charge is 2.17. The number of ether oxygens (including phenoxy) is 2. The summed E-state index contributed by atoms with van der Waals surface area (Å²) in [6.07, 6.45) is 0.161. The molecule has 0 fully saturated rings. The van der Waals surface area contributed by atoms with E-state index in [2.05, 4.69) is 4.74 Å². The molecule has 0 saturated heterocycles. The van der Waals surface area contributed by atoms with Crippen LogP contribution in [-0.4, -0.2) is 50.7 Å². The Hall–Kier alpha value is -2.66. The lowest BCUT2D eigenvalue weighted by molar-refractivity contribution is -0.140. The summed E-state index contributed by atoms with van der Waals surface area (Å²) in [5.41, 5.74) is 2.74. The van der Waals surface area contributed by atoms with Crippen molar-refractivity contribution in [2.45, 2.75) is 6.42 Å². The van der Waals surface area contributed by atoms with Gasteiger partial charge in [-0.1, -0.05) is 42.5 Å². The van der Waals surface area contributed by atoms with E-state index in [1.165, 1.54) is 7.11 Å². The van der Waals surface area contributed by atoms with Crippen molar-refractivity contribution in [2.24, 2.45) is 0 Å². The van der Waals surface area contributed by atoms with Crippen molar-refractivity contribution in [2.75, 3.05) is 33.9 Å². The van der Waals surface area contributed by atoms with Gasteiger partial charge in [0.1, 0.15) is 0 Å². The summed E-state index contributed by atoms with van der Waals surface area (Å²) in [6, 6.07) is 17.5. The molecule has 0 unspecified atom stereocenters. The number of hydrogen-bond acceptors (Lipinski definition) is 4. The maximum absolute atomic E-state index is 12.7. The highest BCUT2D eigenvalue weighted by atomic mass is 16.5. The number of benzene rings is 2. The number of esters is 1. The number of nitrogens with zero attached hydrogens (tertiary/aromatic N) is 1. The van der Waals surface area contributed by atoms with E-state index in [9.17, 15) is 9.59 Å². The van der Waals surface area contributed by atoms with Crippen LogP contribution >= 0.6 is 0 Å². The SMILES string of the molecule is COCCN(CCC(=O)OC)C(=O)c1ccc(-c2ccccc2)cc1. The normalized spacial score (nSPS) is 10.3. The molecule has 25 heavy (non-hydrogen) atoms. The van der Waals surface area contributed by atoms with E-state index in [0.29, 0.717) is 25.3 Å². The van der Waals surface area contributed by atoms with E-state index in [4.69, 9.17) is 4.74 Å². The van der Waals surface area contributed by atoms with Crippen molar-refractivity contribution in [1.82, 2.24) is 4.90 Å². The summed E-state index contributed by atoms with van der Waals surface area (Å²) in [7, 11) is 2.92. The molecule has 2 rings (SSSR count). The Bertz CT molecular complexity index is 683. The molecule has 0 radical (unpaired) electrons. The van der Waals surface area contributed by atoms with Gasteiger partial charge in [0.2, 0.25) is 0 Å². The maximum Gasteiger partial charge on any atom is 0.307 e. The average Bonchev–Trinajstić information content (AvgIpc) is 2.68. The topological polar surface area (TPSA) is 55.8 Å². The second-order valence-corrected chi connectivity index (χ2v) is 5.55. The minimum atomic E-state index is -0.338. The molecule has 0 aromatic heterocycles. The van der Waals surface area contributed by atoms with Crippen molar-refractivity contribution in [3.8, 4) is 11.1 Å². The van der Waals surface area contributed by atoms with Gasteiger partial charge in [0.05, 0.1) is 20.1 Å². The third-order valence-electron chi connectivity index (χ3n) is 3.91. The van der Waals surface area contributed by atoms with Crippen LogP contribution in [0, 0.1) is 0 Å². The third-order valence-corrected chi connectivity index (χ3v) is 3.91. The molecule has 5 heteroatoms. The first-order valence-corrected chi connectivity index (χ1v) is 8.16. The van der Waals surface area contributed by atoms with Crippen molar-refractivity contribution >= 4 is 11.9 Å². The summed E-state index contributed by atoms with van der Waals surface area (Å²) in [5.74, 6) is -0.463. The molecule has 132 valence electrons. The van der Waals surface area contributed by atoms with Crippen LogP contribution in [0.15, 0.2) is 54.6 Å². The van der Waals surface area contributed by atoms with E-state index in [0.717, 1.165) is 11.1 Å². The fraction of sp³-hybridized carbons (Fsp3) is 0.300. The summed E-state index contributed by atoms with van der Waals surface area (Å²) in [4.78, 5) is 25.7. The molecular weight excluding hydrogens is 318 g/mol. The van der Waals surface area contributed by atoms with Crippen LogP contribution in [0.25, 0.3) is 11.1 Å². The lowest BCUT2D eigenvalue weighted by Crippen LogP contribution is -2.35. The number of amides is 1. The molecule has 0 bridgehead atoms. The second kappa shape index (κ2) is 9.59. The van der Waals surface area contributed by atoms with Crippen LogP contribution in [0.2, 0.25) is 0 Å². The van der Waals surface area contributed by atoms with Gasteiger partial charge in [0, 0.05) is 25.8 Å². The van der Waals surface area contributed by atoms with Gasteiger partial charge in [0.25, 0.3) is 5.91 Å². The predicted octanol–water partition coefficient (Wildman–Crippen LogP) is 3.01. The molecule has 2 aromatic rings. The van der Waals surface area contributed by atoms with E-state index < -0.39 is 0 Å². The van der Waals surface area contributed by atoms with Crippen molar-refractivity contribution < 1.29 is 19.1 Å². The second-order valence-electron chi connectivity index (χ2n) is 5.55. The van der Waals surface area contributed by atoms with Gasteiger partial charge >= 0.3 is 5.97 Å². The third kappa shape index (κ3) is 5.43. The van der Waals surface area contributed by atoms with Crippen molar-refractivity contribution in [1.29, 1.82) is 0 Å². The summed E-state index contributed by atoms with van der Waals surface area (Å²) < 4.78 is 9.71. The number of rotatable bonds is 8. The lowest BCUT2D eigenvalue weighted by Gasteiger charge is -2.22. The molecule has 0 heterocycles.